The third kappa shape index (κ3) is 3.91. The highest BCUT2D eigenvalue weighted by Crippen LogP contribution is 2.49. The number of para-hydroxylation sites is 2. The Kier molecular flexibility index (Phi) is 5.36. The van der Waals surface area contributed by atoms with Gasteiger partial charge in [0.25, 0.3) is 0 Å². The molecule has 0 N–H and O–H groups in total. The molecule has 0 aromatic heterocycles. The zero-order valence-corrected chi connectivity index (χ0v) is 20.3. The third-order valence-electron chi connectivity index (χ3n) is 7.22. The number of hydrogen-bond acceptors (Lipinski definition) is 4. The Morgan fingerprint density at radius 1 is 0.730 bits per heavy atom. The van der Waals surface area contributed by atoms with E-state index in [0.29, 0.717) is 6.61 Å². The van der Waals surface area contributed by atoms with Gasteiger partial charge >= 0.3 is 0 Å². The first-order chi connectivity index (χ1) is 18.3. The fraction of sp³-hybridized carbons (Fsp3) is 0.121. The van der Waals surface area contributed by atoms with Gasteiger partial charge in [-0.25, -0.2) is 5.01 Å². The maximum absolute atomic E-state index is 6.64. The van der Waals surface area contributed by atoms with Crippen LogP contribution < -0.4 is 9.47 Å². The molecule has 180 valence electrons. The fourth-order valence-corrected chi connectivity index (χ4v) is 5.43. The quantitative estimate of drug-likeness (QED) is 0.258. The summed E-state index contributed by atoms with van der Waals surface area (Å²) in [7, 11) is 0. The van der Waals surface area contributed by atoms with Gasteiger partial charge in [0.1, 0.15) is 18.1 Å². The average molecular weight is 483 g/mol. The molecule has 0 amide bonds. The minimum Gasteiger partial charge on any atom is -0.488 e. The zero-order chi connectivity index (χ0) is 24.6. The number of rotatable bonds is 5. The van der Waals surface area contributed by atoms with Crippen LogP contribution in [-0.4, -0.2) is 10.7 Å². The summed E-state index contributed by atoms with van der Waals surface area (Å²) >= 11 is 0. The van der Waals surface area contributed by atoms with Gasteiger partial charge in [0.2, 0.25) is 6.23 Å². The molecule has 5 aromatic rings. The summed E-state index contributed by atoms with van der Waals surface area (Å²) in [4.78, 5) is 0. The van der Waals surface area contributed by atoms with Crippen molar-refractivity contribution in [1.29, 1.82) is 0 Å². The number of hydrazone groups is 1. The van der Waals surface area contributed by atoms with E-state index in [1.807, 2.05) is 42.5 Å². The predicted octanol–water partition coefficient (Wildman–Crippen LogP) is 7.66. The van der Waals surface area contributed by atoms with Gasteiger partial charge in [-0.05, 0) is 34.5 Å². The molecule has 7 rings (SSSR count). The first-order valence-corrected chi connectivity index (χ1v) is 12.7. The molecule has 2 atom stereocenters. The van der Waals surface area contributed by atoms with E-state index in [2.05, 4.69) is 83.9 Å². The van der Waals surface area contributed by atoms with E-state index in [9.17, 15) is 0 Å². The van der Waals surface area contributed by atoms with E-state index in [4.69, 9.17) is 14.6 Å². The molecule has 0 bridgehead atoms. The molecule has 0 fully saturated rings. The highest BCUT2D eigenvalue weighted by atomic mass is 16.5. The van der Waals surface area contributed by atoms with Crippen molar-refractivity contribution in [2.75, 3.05) is 0 Å². The van der Waals surface area contributed by atoms with Crippen molar-refractivity contribution in [1.82, 2.24) is 5.01 Å². The lowest BCUT2D eigenvalue weighted by molar-refractivity contribution is -0.0207. The standard InChI is InChI=1S/C33H26N2O2/c1-2-11-23(12-3-1)22-36-31-19-8-7-17-28(31)33-35-30(27-16-6-9-20-32(27)37-33)21-29(34-35)26-18-10-14-24-13-4-5-15-25(24)26/h1-20,30,33H,21-22H2. The smallest absolute Gasteiger partial charge is 0.217 e. The Balaban J connectivity index is 1.30. The summed E-state index contributed by atoms with van der Waals surface area (Å²) in [5.41, 5.74) is 5.52. The molecule has 0 spiro atoms. The van der Waals surface area contributed by atoms with Gasteiger partial charge in [-0.2, -0.15) is 5.10 Å². The Labute approximate surface area is 216 Å². The largest absolute Gasteiger partial charge is 0.488 e. The second kappa shape index (κ2) is 9.14. The molecule has 2 aliphatic heterocycles. The normalized spacial score (nSPS) is 18.1. The Morgan fingerprint density at radius 2 is 1.46 bits per heavy atom. The molecular weight excluding hydrogens is 456 g/mol. The molecule has 2 heterocycles. The summed E-state index contributed by atoms with van der Waals surface area (Å²) in [6.45, 7) is 0.495. The SMILES string of the molecule is c1ccc(COc2ccccc2C2Oc3ccccc3C3CC(c4cccc5ccccc45)=NN32)cc1. The van der Waals surface area contributed by atoms with E-state index in [1.165, 1.54) is 21.9 Å². The van der Waals surface area contributed by atoms with Crippen molar-refractivity contribution in [3.63, 3.8) is 0 Å². The molecule has 4 nitrogen and oxygen atoms in total. The highest BCUT2D eigenvalue weighted by molar-refractivity contribution is 6.11. The topological polar surface area (TPSA) is 34.1 Å². The number of fused-ring (bicyclic) bond motifs is 4. The van der Waals surface area contributed by atoms with Gasteiger partial charge in [-0.1, -0.05) is 103 Å². The van der Waals surface area contributed by atoms with Crippen LogP contribution in [0.3, 0.4) is 0 Å². The lowest BCUT2D eigenvalue weighted by Gasteiger charge is -2.38. The van der Waals surface area contributed by atoms with Crippen molar-refractivity contribution >= 4 is 16.5 Å². The summed E-state index contributed by atoms with van der Waals surface area (Å²) in [6, 6.07) is 41.8. The van der Waals surface area contributed by atoms with Gasteiger partial charge < -0.3 is 9.47 Å². The monoisotopic (exact) mass is 482 g/mol. The third-order valence-corrected chi connectivity index (χ3v) is 7.22. The van der Waals surface area contributed by atoms with Crippen molar-refractivity contribution < 1.29 is 9.47 Å². The molecule has 2 aliphatic rings. The summed E-state index contributed by atoms with van der Waals surface area (Å²) < 4.78 is 13.0. The van der Waals surface area contributed by atoms with Crippen LogP contribution in [0.2, 0.25) is 0 Å². The second-order valence-corrected chi connectivity index (χ2v) is 9.49. The first-order valence-electron chi connectivity index (χ1n) is 12.7. The van der Waals surface area contributed by atoms with E-state index >= 15 is 0 Å². The van der Waals surface area contributed by atoms with E-state index < -0.39 is 0 Å². The van der Waals surface area contributed by atoms with Crippen LogP contribution in [0.25, 0.3) is 10.8 Å². The van der Waals surface area contributed by atoms with Crippen LogP contribution >= 0.6 is 0 Å². The summed E-state index contributed by atoms with van der Waals surface area (Å²) in [5.74, 6) is 1.71. The number of hydrogen-bond donors (Lipinski definition) is 0. The number of nitrogens with zero attached hydrogens (tertiary/aromatic N) is 2. The first kappa shape index (κ1) is 21.7. The Morgan fingerprint density at radius 3 is 2.38 bits per heavy atom. The van der Waals surface area contributed by atoms with E-state index in [0.717, 1.165) is 34.8 Å². The molecule has 2 unspecified atom stereocenters. The molecule has 4 heteroatoms. The number of benzene rings is 5. The lowest BCUT2D eigenvalue weighted by Crippen LogP contribution is -2.34. The second-order valence-electron chi connectivity index (χ2n) is 9.49. The van der Waals surface area contributed by atoms with Crippen LogP contribution in [0.4, 0.5) is 0 Å². The van der Waals surface area contributed by atoms with Crippen LogP contribution in [0.15, 0.2) is 126 Å². The van der Waals surface area contributed by atoms with Crippen LogP contribution in [0.5, 0.6) is 11.5 Å². The minimum absolute atomic E-state index is 0.0890. The molecule has 0 aliphatic carbocycles. The van der Waals surface area contributed by atoms with Gasteiger partial charge in [-0.15, -0.1) is 0 Å². The minimum atomic E-state index is -0.389. The average Bonchev–Trinajstić information content (AvgIpc) is 3.42. The molecule has 0 saturated carbocycles. The zero-order valence-electron chi connectivity index (χ0n) is 20.3. The van der Waals surface area contributed by atoms with Crippen molar-refractivity contribution in [3.05, 3.63) is 144 Å². The van der Waals surface area contributed by atoms with Gasteiger partial charge in [0, 0.05) is 17.5 Å². The fourth-order valence-electron chi connectivity index (χ4n) is 5.43. The van der Waals surface area contributed by atoms with Crippen molar-refractivity contribution in [2.45, 2.75) is 25.3 Å². The Bertz CT molecular complexity index is 1610. The summed E-state index contributed by atoms with van der Waals surface area (Å²) in [5, 5.41) is 9.79. The molecule has 5 aromatic carbocycles. The van der Waals surface area contributed by atoms with E-state index in [1.54, 1.807) is 0 Å². The maximum Gasteiger partial charge on any atom is 0.217 e. The van der Waals surface area contributed by atoms with Crippen molar-refractivity contribution in [2.24, 2.45) is 5.10 Å². The molecule has 0 saturated heterocycles. The summed E-state index contributed by atoms with van der Waals surface area (Å²) in [6.07, 6.45) is 0.428. The van der Waals surface area contributed by atoms with Crippen LogP contribution in [-0.2, 0) is 6.61 Å². The number of ether oxygens (including phenoxy) is 2. The molecular formula is C33H26N2O2. The predicted molar refractivity (Wildman–Crippen MR) is 147 cm³/mol. The van der Waals surface area contributed by atoms with E-state index in [-0.39, 0.29) is 12.3 Å². The maximum atomic E-state index is 6.64. The van der Waals surface area contributed by atoms with Crippen LogP contribution in [0, 0.1) is 0 Å². The van der Waals surface area contributed by atoms with Gasteiger partial charge in [-0.3, -0.25) is 0 Å². The Hall–Kier alpha value is -4.57. The highest BCUT2D eigenvalue weighted by Gasteiger charge is 2.42. The van der Waals surface area contributed by atoms with Crippen molar-refractivity contribution in [3.8, 4) is 11.5 Å². The lowest BCUT2D eigenvalue weighted by atomic mass is 9.93. The van der Waals surface area contributed by atoms with Gasteiger partial charge in [0.05, 0.1) is 17.3 Å². The molecule has 0 radical (unpaired) electrons. The van der Waals surface area contributed by atoms with Gasteiger partial charge in [0.15, 0.2) is 0 Å². The molecule has 37 heavy (non-hydrogen) atoms. The van der Waals surface area contributed by atoms with Crippen LogP contribution in [0.1, 0.15) is 40.9 Å².